The van der Waals surface area contributed by atoms with Gasteiger partial charge >= 0.3 is 0 Å². The molecular weight excluding hydrogens is 254 g/mol. The van der Waals surface area contributed by atoms with Gasteiger partial charge in [0.25, 0.3) is 5.91 Å². The van der Waals surface area contributed by atoms with Crippen molar-refractivity contribution in [1.82, 2.24) is 5.32 Å². The molecule has 0 saturated carbocycles. The maximum atomic E-state index is 11.8. The predicted molar refractivity (Wildman–Crippen MR) is 71.9 cm³/mol. The molecule has 1 aromatic carbocycles. The number of sulfone groups is 1. The second kappa shape index (κ2) is 5.26. The van der Waals surface area contributed by atoms with E-state index in [1.54, 1.807) is 13.0 Å². The van der Waals surface area contributed by atoms with Crippen LogP contribution in [0.5, 0.6) is 0 Å². The van der Waals surface area contributed by atoms with Gasteiger partial charge in [-0.15, -0.1) is 0 Å². The van der Waals surface area contributed by atoms with Gasteiger partial charge in [0.05, 0.1) is 11.3 Å². The van der Waals surface area contributed by atoms with Gasteiger partial charge in [0, 0.05) is 23.7 Å². The zero-order chi connectivity index (χ0) is 13.9. The van der Waals surface area contributed by atoms with Crippen LogP contribution in [0.25, 0.3) is 0 Å². The van der Waals surface area contributed by atoms with E-state index in [0.717, 1.165) is 6.26 Å². The highest BCUT2D eigenvalue weighted by Gasteiger charge is 2.15. The van der Waals surface area contributed by atoms with Crippen LogP contribution in [0.2, 0.25) is 0 Å². The van der Waals surface area contributed by atoms with E-state index >= 15 is 0 Å². The highest BCUT2D eigenvalue weighted by molar-refractivity contribution is 7.90. The third-order valence-corrected chi connectivity index (χ3v) is 3.36. The summed E-state index contributed by atoms with van der Waals surface area (Å²) in [5.74, 6) is -0.531. The van der Waals surface area contributed by atoms with Gasteiger partial charge in [-0.2, -0.15) is 0 Å². The summed E-state index contributed by atoms with van der Waals surface area (Å²) in [6.45, 7) is 1.62. The van der Waals surface area contributed by atoms with Gasteiger partial charge in [-0.3, -0.25) is 4.79 Å². The van der Waals surface area contributed by atoms with Crippen LogP contribution in [-0.2, 0) is 9.84 Å². The van der Waals surface area contributed by atoms with Crippen LogP contribution in [0.4, 0.5) is 11.4 Å². The third kappa shape index (κ3) is 4.25. The van der Waals surface area contributed by atoms with Gasteiger partial charge in [-0.05, 0) is 25.1 Å². The Kier molecular flexibility index (Phi) is 4.18. The van der Waals surface area contributed by atoms with Crippen molar-refractivity contribution in [2.45, 2.75) is 13.0 Å². The molecule has 18 heavy (non-hydrogen) atoms. The van der Waals surface area contributed by atoms with Crippen LogP contribution >= 0.6 is 0 Å². The number of carbonyl (C=O) groups is 1. The Hall–Kier alpha value is -1.76. The van der Waals surface area contributed by atoms with Gasteiger partial charge in [0.1, 0.15) is 9.84 Å². The predicted octanol–water partition coefficient (Wildman–Crippen LogP) is 0.0139. The number of hydrogen-bond donors (Lipinski definition) is 3. The van der Waals surface area contributed by atoms with Crippen LogP contribution in [-0.4, -0.2) is 32.4 Å². The zero-order valence-corrected chi connectivity index (χ0v) is 11.1. The van der Waals surface area contributed by atoms with E-state index < -0.39 is 21.8 Å². The monoisotopic (exact) mass is 271 g/mol. The van der Waals surface area contributed by atoms with E-state index in [1.165, 1.54) is 12.1 Å². The third-order valence-electron chi connectivity index (χ3n) is 2.25. The number of amides is 1. The number of nitrogens with two attached hydrogens (primary N) is 2. The van der Waals surface area contributed by atoms with E-state index in [-0.39, 0.29) is 17.0 Å². The van der Waals surface area contributed by atoms with Gasteiger partial charge in [0.2, 0.25) is 0 Å². The lowest BCUT2D eigenvalue weighted by atomic mass is 10.1. The molecule has 0 radical (unpaired) electrons. The molecule has 0 fully saturated rings. The minimum atomic E-state index is -3.13. The van der Waals surface area contributed by atoms with Crippen molar-refractivity contribution in [3.8, 4) is 0 Å². The average Bonchev–Trinajstić information content (AvgIpc) is 2.13. The van der Waals surface area contributed by atoms with Crippen LogP contribution in [0.3, 0.4) is 0 Å². The molecule has 0 spiro atoms. The van der Waals surface area contributed by atoms with Crippen molar-refractivity contribution in [3.05, 3.63) is 23.8 Å². The number of rotatable bonds is 4. The summed E-state index contributed by atoms with van der Waals surface area (Å²) < 4.78 is 22.2. The summed E-state index contributed by atoms with van der Waals surface area (Å²) in [5, 5.41) is 2.57. The SMILES string of the molecule is CC(CS(C)(=O)=O)NC(=O)c1ccc(N)cc1N. The Bertz CT molecular complexity index is 555. The molecule has 0 bridgehead atoms. The van der Waals surface area contributed by atoms with E-state index in [9.17, 15) is 13.2 Å². The molecule has 100 valence electrons. The van der Waals surface area contributed by atoms with Crippen molar-refractivity contribution >= 4 is 27.1 Å². The van der Waals surface area contributed by atoms with E-state index in [0.29, 0.717) is 5.69 Å². The highest BCUT2D eigenvalue weighted by atomic mass is 32.2. The molecule has 1 rings (SSSR count). The minimum Gasteiger partial charge on any atom is -0.399 e. The molecule has 1 aromatic rings. The van der Waals surface area contributed by atoms with Crippen LogP contribution < -0.4 is 16.8 Å². The Balaban J connectivity index is 2.77. The zero-order valence-electron chi connectivity index (χ0n) is 10.3. The van der Waals surface area contributed by atoms with Crippen LogP contribution in [0, 0.1) is 0 Å². The molecule has 0 heterocycles. The molecular formula is C11H17N3O3S. The number of benzene rings is 1. The highest BCUT2D eigenvalue weighted by Crippen LogP contribution is 2.15. The lowest BCUT2D eigenvalue weighted by molar-refractivity contribution is 0.0944. The first-order valence-corrected chi connectivity index (χ1v) is 7.38. The van der Waals surface area contributed by atoms with Gasteiger partial charge < -0.3 is 16.8 Å². The first-order valence-electron chi connectivity index (χ1n) is 5.32. The first kappa shape index (κ1) is 14.3. The fourth-order valence-corrected chi connectivity index (χ4v) is 2.58. The minimum absolute atomic E-state index is 0.117. The molecule has 5 N–H and O–H groups in total. The van der Waals surface area contributed by atoms with Crippen molar-refractivity contribution in [2.24, 2.45) is 0 Å². The maximum absolute atomic E-state index is 11.8. The normalized spacial score (nSPS) is 13.0. The molecule has 0 aliphatic heterocycles. The molecule has 1 unspecified atom stereocenters. The van der Waals surface area contributed by atoms with Crippen molar-refractivity contribution in [2.75, 3.05) is 23.5 Å². The Morgan fingerprint density at radius 3 is 2.50 bits per heavy atom. The molecule has 1 amide bonds. The average molecular weight is 271 g/mol. The van der Waals surface area contributed by atoms with Crippen molar-refractivity contribution < 1.29 is 13.2 Å². The number of nitrogens with one attached hydrogen (secondary N) is 1. The Labute approximate surface area is 106 Å². The summed E-state index contributed by atoms with van der Waals surface area (Å²) >= 11 is 0. The molecule has 0 aliphatic rings. The number of carbonyl (C=O) groups excluding carboxylic acids is 1. The lowest BCUT2D eigenvalue weighted by Crippen LogP contribution is -2.37. The fraction of sp³-hybridized carbons (Fsp3) is 0.364. The van der Waals surface area contributed by atoms with E-state index in [2.05, 4.69) is 5.32 Å². The maximum Gasteiger partial charge on any atom is 0.253 e. The lowest BCUT2D eigenvalue weighted by Gasteiger charge is -2.13. The molecule has 0 saturated heterocycles. The number of hydrogen-bond acceptors (Lipinski definition) is 5. The topological polar surface area (TPSA) is 115 Å². The second-order valence-corrected chi connectivity index (χ2v) is 6.50. The Morgan fingerprint density at radius 2 is 2.00 bits per heavy atom. The standard InChI is InChI=1S/C11H17N3O3S/c1-7(6-18(2,16)17)14-11(15)9-4-3-8(12)5-10(9)13/h3-5,7H,6,12-13H2,1-2H3,(H,14,15). The second-order valence-electron chi connectivity index (χ2n) is 4.31. The number of anilines is 2. The molecule has 0 aliphatic carbocycles. The van der Waals surface area contributed by atoms with Crippen LogP contribution in [0.15, 0.2) is 18.2 Å². The van der Waals surface area contributed by atoms with Gasteiger partial charge in [-0.1, -0.05) is 0 Å². The summed E-state index contributed by atoms with van der Waals surface area (Å²) in [6.07, 6.45) is 1.12. The summed E-state index contributed by atoms with van der Waals surface area (Å²) in [5.41, 5.74) is 12.2. The fourth-order valence-electron chi connectivity index (χ4n) is 1.59. The summed E-state index contributed by atoms with van der Waals surface area (Å²) in [6, 6.07) is 4.07. The Morgan fingerprint density at radius 1 is 1.39 bits per heavy atom. The van der Waals surface area contributed by atoms with Gasteiger partial charge in [-0.25, -0.2) is 8.42 Å². The number of nitrogen functional groups attached to an aromatic ring is 2. The molecule has 6 nitrogen and oxygen atoms in total. The first-order chi connectivity index (χ1) is 8.19. The largest absolute Gasteiger partial charge is 0.399 e. The quantitative estimate of drug-likeness (QED) is 0.667. The van der Waals surface area contributed by atoms with Gasteiger partial charge in [0.15, 0.2) is 0 Å². The van der Waals surface area contributed by atoms with E-state index in [4.69, 9.17) is 11.5 Å². The van der Waals surface area contributed by atoms with E-state index in [1.807, 2.05) is 0 Å². The van der Waals surface area contributed by atoms with Crippen molar-refractivity contribution in [1.29, 1.82) is 0 Å². The summed E-state index contributed by atoms with van der Waals surface area (Å²) in [7, 11) is -3.13. The summed E-state index contributed by atoms with van der Waals surface area (Å²) in [4.78, 5) is 11.8. The van der Waals surface area contributed by atoms with Crippen LogP contribution in [0.1, 0.15) is 17.3 Å². The van der Waals surface area contributed by atoms with Crippen molar-refractivity contribution in [3.63, 3.8) is 0 Å². The molecule has 7 heteroatoms. The molecule has 0 aromatic heterocycles. The smallest absolute Gasteiger partial charge is 0.253 e. The molecule has 1 atom stereocenters.